The van der Waals surface area contributed by atoms with Crippen molar-refractivity contribution in [2.24, 2.45) is 0 Å². The van der Waals surface area contributed by atoms with Crippen LogP contribution in [0.3, 0.4) is 0 Å². The van der Waals surface area contributed by atoms with Gasteiger partial charge in [0, 0.05) is 12.2 Å². The summed E-state index contributed by atoms with van der Waals surface area (Å²) in [4.78, 5) is 0. The molecule has 1 fully saturated rings. The highest BCUT2D eigenvalue weighted by Crippen LogP contribution is 2.28. The number of nitrogen functional groups attached to an aromatic ring is 1. The van der Waals surface area contributed by atoms with Crippen molar-refractivity contribution in [1.82, 2.24) is 0 Å². The molecule has 0 radical (unpaired) electrons. The van der Waals surface area contributed by atoms with Gasteiger partial charge in [0.05, 0.1) is 11.3 Å². The van der Waals surface area contributed by atoms with E-state index < -0.39 is 5.60 Å². The summed E-state index contributed by atoms with van der Waals surface area (Å²) in [5.41, 5.74) is 5.59. The van der Waals surface area contributed by atoms with Gasteiger partial charge in [-0.15, -0.1) is 0 Å². The maximum atomic E-state index is 13.5. The molecular weight excluding hydrogens is 219 g/mol. The first-order chi connectivity index (χ1) is 8.09. The maximum absolute atomic E-state index is 13.5. The molecule has 94 valence electrons. The highest BCUT2D eigenvalue weighted by Gasteiger charge is 2.28. The van der Waals surface area contributed by atoms with Crippen LogP contribution in [0.2, 0.25) is 0 Å². The van der Waals surface area contributed by atoms with E-state index in [2.05, 4.69) is 5.32 Å². The van der Waals surface area contributed by atoms with Crippen LogP contribution in [-0.2, 0) is 0 Å². The topological polar surface area (TPSA) is 58.3 Å². The molecular formula is C13H19FN2O. The summed E-state index contributed by atoms with van der Waals surface area (Å²) in [7, 11) is 0. The molecule has 4 heteroatoms. The van der Waals surface area contributed by atoms with Crippen LogP contribution in [0.4, 0.5) is 15.8 Å². The highest BCUT2D eigenvalue weighted by atomic mass is 19.1. The number of halogens is 1. The van der Waals surface area contributed by atoms with Crippen LogP contribution < -0.4 is 11.1 Å². The zero-order valence-electron chi connectivity index (χ0n) is 9.88. The minimum Gasteiger partial charge on any atom is -0.399 e. The molecule has 1 aliphatic carbocycles. The number of nitrogens with one attached hydrogen (secondary N) is 1. The van der Waals surface area contributed by atoms with Crippen LogP contribution >= 0.6 is 0 Å². The van der Waals surface area contributed by atoms with E-state index in [9.17, 15) is 9.50 Å². The number of hydrogen-bond donors (Lipinski definition) is 3. The Morgan fingerprint density at radius 2 is 2.00 bits per heavy atom. The normalized spacial score (nSPS) is 18.9. The lowest BCUT2D eigenvalue weighted by atomic mass is 9.85. The van der Waals surface area contributed by atoms with E-state index in [0.717, 1.165) is 25.7 Å². The fourth-order valence-electron chi connectivity index (χ4n) is 2.32. The molecule has 3 nitrogen and oxygen atoms in total. The van der Waals surface area contributed by atoms with Crippen molar-refractivity contribution in [3.63, 3.8) is 0 Å². The first kappa shape index (κ1) is 12.2. The molecule has 1 saturated carbocycles. The standard InChI is InChI=1S/C13H19FN2O/c14-11-8-10(15)4-5-12(11)16-9-13(17)6-2-1-3-7-13/h4-5,8,16-17H,1-3,6-7,9,15H2. The molecule has 0 spiro atoms. The van der Waals surface area contributed by atoms with Gasteiger partial charge in [0.1, 0.15) is 5.82 Å². The summed E-state index contributed by atoms with van der Waals surface area (Å²) < 4.78 is 13.5. The Bertz CT molecular complexity index is 389. The second kappa shape index (κ2) is 4.92. The van der Waals surface area contributed by atoms with E-state index in [4.69, 9.17) is 5.73 Å². The Morgan fingerprint density at radius 3 is 2.65 bits per heavy atom. The smallest absolute Gasteiger partial charge is 0.148 e. The summed E-state index contributed by atoms with van der Waals surface area (Å²) in [6, 6.07) is 4.54. The number of nitrogens with two attached hydrogens (primary N) is 1. The summed E-state index contributed by atoms with van der Waals surface area (Å²) in [5, 5.41) is 13.2. The van der Waals surface area contributed by atoms with Gasteiger partial charge in [0.25, 0.3) is 0 Å². The largest absolute Gasteiger partial charge is 0.399 e. The molecule has 1 aromatic carbocycles. The van der Waals surface area contributed by atoms with E-state index in [0.29, 0.717) is 17.9 Å². The van der Waals surface area contributed by atoms with Crippen LogP contribution in [0, 0.1) is 5.82 Å². The second-order valence-electron chi connectivity index (χ2n) is 4.88. The summed E-state index contributed by atoms with van der Waals surface area (Å²) in [5.74, 6) is -0.371. The number of anilines is 2. The Morgan fingerprint density at radius 1 is 1.29 bits per heavy atom. The van der Waals surface area contributed by atoms with Gasteiger partial charge in [-0.25, -0.2) is 4.39 Å². The van der Waals surface area contributed by atoms with Crippen LogP contribution in [0.1, 0.15) is 32.1 Å². The van der Waals surface area contributed by atoms with Crippen LogP contribution in [0.25, 0.3) is 0 Å². The summed E-state index contributed by atoms with van der Waals surface area (Å²) >= 11 is 0. The van der Waals surface area contributed by atoms with Gasteiger partial charge in [-0.3, -0.25) is 0 Å². The van der Waals surface area contributed by atoms with Gasteiger partial charge in [-0.05, 0) is 31.0 Å². The fraction of sp³-hybridized carbons (Fsp3) is 0.538. The van der Waals surface area contributed by atoms with Crippen molar-refractivity contribution in [2.75, 3.05) is 17.6 Å². The lowest BCUT2D eigenvalue weighted by Gasteiger charge is -2.32. The first-order valence-corrected chi connectivity index (χ1v) is 6.10. The first-order valence-electron chi connectivity index (χ1n) is 6.10. The molecule has 17 heavy (non-hydrogen) atoms. The van der Waals surface area contributed by atoms with Crippen LogP contribution in [0.5, 0.6) is 0 Å². The second-order valence-corrected chi connectivity index (χ2v) is 4.88. The van der Waals surface area contributed by atoms with Gasteiger partial charge in [-0.2, -0.15) is 0 Å². The molecule has 1 aromatic rings. The molecule has 0 saturated heterocycles. The third-order valence-corrected chi connectivity index (χ3v) is 3.39. The highest BCUT2D eigenvalue weighted by molar-refractivity contribution is 5.52. The van der Waals surface area contributed by atoms with Crippen molar-refractivity contribution in [3.05, 3.63) is 24.0 Å². The van der Waals surface area contributed by atoms with Gasteiger partial charge in [0.15, 0.2) is 0 Å². The molecule has 4 N–H and O–H groups in total. The van der Waals surface area contributed by atoms with Crippen molar-refractivity contribution in [1.29, 1.82) is 0 Å². The molecule has 0 atom stereocenters. The van der Waals surface area contributed by atoms with Gasteiger partial charge >= 0.3 is 0 Å². The van der Waals surface area contributed by atoms with Crippen molar-refractivity contribution < 1.29 is 9.50 Å². The maximum Gasteiger partial charge on any atom is 0.148 e. The average molecular weight is 238 g/mol. The molecule has 0 heterocycles. The number of benzene rings is 1. The van der Waals surface area contributed by atoms with Crippen LogP contribution in [-0.4, -0.2) is 17.3 Å². The molecule has 0 aromatic heterocycles. The minimum atomic E-state index is -0.688. The van der Waals surface area contributed by atoms with Gasteiger partial charge in [-0.1, -0.05) is 19.3 Å². The summed E-state index contributed by atoms with van der Waals surface area (Å²) in [6.45, 7) is 0.397. The Balaban J connectivity index is 1.97. The zero-order valence-corrected chi connectivity index (χ0v) is 9.88. The van der Waals surface area contributed by atoms with E-state index >= 15 is 0 Å². The summed E-state index contributed by atoms with van der Waals surface area (Å²) in [6.07, 6.45) is 4.84. The van der Waals surface area contributed by atoms with E-state index in [1.807, 2.05) is 0 Å². The third-order valence-electron chi connectivity index (χ3n) is 3.39. The van der Waals surface area contributed by atoms with E-state index in [-0.39, 0.29) is 5.82 Å². The Hall–Kier alpha value is -1.29. The molecule has 1 aliphatic rings. The zero-order chi connectivity index (χ0) is 12.3. The predicted molar refractivity (Wildman–Crippen MR) is 67.3 cm³/mol. The number of rotatable bonds is 3. The third kappa shape index (κ3) is 3.09. The van der Waals surface area contributed by atoms with Gasteiger partial charge in [0.2, 0.25) is 0 Å². The lowest BCUT2D eigenvalue weighted by molar-refractivity contribution is 0.0167. The van der Waals surface area contributed by atoms with Crippen LogP contribution in [0.15, 0.2) is 18.2 Å². The molecule has 0 aliphatic heterocycles. The molecule has 0 bridgehead atoms. The SMILES string of the molecule is Nc1ccc(NCC2(O)CCCCC2)c(F)c1. The van der Waals surface area contributed by atoms with Crippen molar-refractivity contribution >= 4 is 11.4 Å². The monoisotopic (exact) mass is 238 g/mol. The van der Waals surface area contributed by atoms with E-state index in [1.165, 1.54) is 12.5 Å². The number of hydrogen-bond acceptors (Lipinski definition) is 3. The van der Waals surface area contributed by atoms with Gasteiger partial charge < -0.3 is 16.2 Å². The van der Waals surface area contributed by atoms with Crippen molar-refractivity contribution in [3.8, 4) is 0 Å². The Kier molecular flexibility index (Phi) is 3.52. The van der Waals surface area contributed by atoms with Crippen molar-refractivity contribution in [2.45, 2.75) is 37.7 Å². The molecule has 0 amide bonds. The molecule has 0 unspecified atom stereocenters. The lowest BCUT2D eigenvalue weighted by Crippen LogP contribution is -2.38. The molecule has 2 rings (SSSR count). The predicted octanol–water partition coefficient (Wildman–Crippen LogP) is 2.52. The van der Waals surface area contributed by atoms with E-state index in [1.54, 1.807) is 12.1 Å². The average Bonchev–Trinajstić information content (AvgIpc) is 2.29. The Labute approximate surface area is 101 Å². The minimum absolute atomic E-state index is 0.371. The number of aliphatic hydroxyl groups is 1. The quantitative estimate of drug-likeness (QED) is 0.709. The fourth-order valence-corrected chi connectivity index (χ4v) is 2.32.